The Bertz CT molecular complexity index is 744. The van der Waals surface area contributed by atoms with Gasteiger partial charge in [-0.2, -0.15) is 10.1 Å². The summed E-state index contributed by atoms with van der Waals surface area (Å²) >= 11 is 0. The molecule has 0 bridgehead atoms. The quantitative estimate of drug-likeness (QED) is 0.389. The molecule has 0 saturated carbocycles. The van der Waals surface area contributed by atoms with Crippen LogP contribution in [0.5, 0.6) is 0 Å². The molecular formula is C16H19N7. The minimum absolute atomic E-state index is 0.0127. The maximum absolute atomic E-state index is 5.69. The van der Waals surface area contributed by atoms with E-state index in [-0.39, 0.29) is 11.9 Å². The maximum atomic E-state index is 5.69. The highest BCUT2D eigenvalue weighted by Crippen LogP contribution is 2.20. The summed E-state index contributed by atoms with van der Waals surface area (Å²) in [5, 5.41) is 4.36. The number of hydrazone groups is 1. The molecule has 7 N–H and O–H groups in total. The molecule has 0 saturated heterocycles. The largest absolute Gasteiger partial charge is 0.370 e. The second-order valence-electron chi connectivity index (χ2n) is 4.70. The van der Waals surface area contributed by atoms with Gasteiger partial charge in [0.05, 0.1) is 17.1 Å². The fraction of sp³-hybridized carbons (Fsp3) is 0.0625. The average molecular weight is 309 g/mol. The average Bonchev–Trinajstić information content (AvgIpc) is 2.53. The molecule has 7 heteroatoms. The van der Waals surface area contributed by atoms with Gasteiger partial charge >= 0.3 is 0 Å². The third-order valence-electron chi connectivity index (χ3n) is 2.90. The third kappa shape index (κ3) is 4.85. The van der Waals surface area contributed by atoms with Crippen LogP contribution in [0.15, 0.2) is 69.7 Å². The van der Waals surface area contributed by atoms with Gasteiger partial charge in [0.2, 0.25) is 5.96 Å². The highest BCUT2D eigenvalue weighted by Gasteiger charge is 2.05. The van der Waals surface area contributed by atoms with Crippen molar-refractivity contribution in [1.82, 2.24) is 0 Å². The second-order valence-corrected chi connectivity index (χ2v) is 4.70. The Hall–Kier alpha value is -3.35. The van der Waals surface area contributed by atoms with Gasteiger partial charge in [0.1, 0.15) is 0 Å². The fourth-order valence-corrected chi connectivity index (χ4v) is 1.88. The fourth-order valence-electron chi connectivity index (χ4n) is 1.88. The van der Waals surface area contributed by atoms with Crippen molar-refractivity contribution in [3.63, 3.8) is 0 Å². The number of hydrogen-bond donors (Lipinski definition) is 4. The molecule has 0 aliphatic carbocycles. The van der Waals surface area contributed by atoms with Crippen LogP contribution in [0.25, 0.3) is 0 Å². The molecule has 0 fully saturated rings. The van der Waals surface area contributed by atoms with Gasteiger partial charge in [0, 0.05) is 5.56 Å². The van der Waals surface area contributed by atoms with E-state index in [1.165, 1.54) is 0 Å². The van der Waals surface area contributed by atoms with Gasteiger partial charge < -0.3 is 17.2 Å². The first-order valence-electron chi connectivity index (χ1n) is 6.95. The zero-order chi connectivity index (χ0) is 16.7. The molecule has 23 heavy (non-hydrogen) atoms. The SMILES string of the molecule is CC(=NNc1ccccc1)c1ccccc1N=C(N)N=C(N)N. The van der Waals surface area contributed by atoms with Crippen LogP contribution in [0.4, 0.5) is 11.4 Å². The maximum Gasteiger partial charge on any atom is 0.223 e. The van der Waals surface area contributed by atoms with Crippen molar-refractivity contribution in [3.05, 3.63) is 60.2 Å². The van der Waals surface area contributed by atoms with Crippen molar-refractivity contribution >= 4 is 29.0 Å². The van der Waals surface area contributed by atoms with Gasteiger partial charge in [0.25, 0.3) is 0 Å². The highest BCUT2D eigenvalue weighted by molar-refractivity contribution is 6.04. The van der Waals surface area contributed by atoms with E-state index in [1.54, 1.807) is 0 Å². The zero-order valence-corrected chi connectivity index (χ0v) is 12.8. The summed E-state index contributed by atoms with van der Waals surface area (Å²) < 4.78 is 0. The van der Waals surface area contributed by atoms with Crippen molar-refractivity contribution in [3.8, 4) is 0 Å². The van der Waals surface area contributed by atoms with E-state index in [0.29, 0.717) is 5.69 Å². The number of hydrogen-bond acceptors (Lipinski definition) is 3. The van der Waals surface area contributed by atoms with Crippen LogP contribution < -0.4 is 22.6 Å². The molecule has 0 unspecified atom stereocenters. The molecule has 0 aliphatic rings. The number of nitrogens with zero attached hydrogens (tertiary/aromatic N) is 3. The number of nitrogens with two attached hydrogens (primary N) is 3. The molecule has 2 rings (SSSR count). The van der Waals surface area contributed by atoms with E-state index >= 15 is 0 Å². The molecule has 0 atom stereocenters. The van der Waals surface area contributed by atoms with Crippen molar-refractivity contribution in [1.29, 1.82) is 0 Å². The van der Waals surface area contributed by atoms with E-state index < -0.39 is 0 Å². The Labute approximate surface area is 134 Å². The molecule has 0 spiro atoms. The van der Waals surface area contributed by atoms with Gasteiger partial charge in [-0.05, 0) is 25.1 Å². The summed E-state index contributed by atoms with van der Waals surface area (Å²) in [4.78, 5) is 7.92. The highest BCUT2D eigenvalue weighted by atomic mass is 15.3. The lowest BCUT2D eigenvalue weighted by atomic mass is 10.1. The third-order valence-corrected chi connectivity index (χ3v) is 2.90. The minimum atomic E-state index is -0.139. The first-order valence-corrected chi connectivity index (χ1v) is 6.95. The lowest BCUT2D eigenvalue weighted by Gasteiger charge is -2.07. The first-order chi connectivity index (χ1) is 11.1. The summed E-state index contributed by atoms with van der Waals surface area (Å²) in [6, 6.07) is 17.1. The standard InChI is InChI=1S/C16H19N7/c1-11(22-23-12-7-3-2-4-8-12)13-9-5-6-10-14(13)20-16(19)21-15(17)18/h2-10,23H,1H3,(H6,17,18,19,20,21). The van der Waals surface area contributed by atoms with Gasteiger partial charge in [-0.1, -0.05) is 36.4 Å². The van der Waals surface area contributed by atoms with Crippen LogP contribution in [0.2, 0.25) is 0 Å². The van der Waals surface area contributed by atoms with Gasteiger partial charge in [-0.3, -0.25) is 5.43 Å². The number of anilines is 1. The molecule has 118 valence electrons. The Morgan fingerprint density at radius 1 is 0.913 bits per heavy atom. The molecule has 0 aromatic heterocycles. The number of rotatable bonds is 4. The van der Waals surface area contributed by atoms with Crippen LogP contribution in [0.1, 0.15) is 12.5 Å². The number of nitrogens with one attached hydrogen (secondary N) is 1. The monoisotopic (exact) mass is 309 g/mol. The predicted octanol–water partition coefficient (Wildman–Crippen LogP) is 1.74. The lowest BCUT2D eigenvalue weighted by Crippen LogP contribution is -2.26. The summed E-state index contributed by atoms with van der Waals surface area (Å²) in [6.07, 6.45) is 0. The number of aliphatic imine (C=N–C) groups is 2. The topological polar surface area (TPSA) is 127 Å². The zero-order valence-electron chi connectivity index (χ0n) is 12.8. The van der Waals surface area contributed by atoms with Crippen LogP contribution in [-0.2, 0) is 0 Å². The van der Waals surface area contributed by atoms with E-state index in [4.69, 9.17) is 17.2 Å². The summed E-state index contributed by atoms with van der Waals surface area (Å²) in [6.45, 7) is 1.88. The van der Waals surface area contributed by atoms with Crippen LogP contribution in [-0.4, -0.2) is 17.6 Å². The van der Waals surface area contributed by atoms with Gasteiger partial charge in [-0.15, -0.1) is 0 Å². The van der Waals surface area contributed by atoms with E-state index in [2.05, 4.69) is 20.5 Å². The predicted molar refractivity (Wildman–Crippen MR) is 95.8 cm³/mol. The lowest BCUT2D eigenvalue weighted by molar-refractivity contribution is 1.31. The molecule has 2 aromatic carbocycles. The molecule has 2 aromatic rings. The Kier molecular flexibility index (Phi) is 5.30. The van der Waals surface area contributed by atoms with E-state index in [9.17, 15) is 0 Å². The number of benzene rings is 2. The number of para-hydroxylation sites is 2. The molecule has 0 aliphatic heterocycles. The van der Waals surface area contributed by atoms with Gasteiger partial charge in [0.15, 0.2) is 5.96 Å². The van der Waals surface area contributed by atoms with Crippen molar-refractivity contribution in [2.24, 2.45) is 32.3 Å². The number of guanidine groups is 2. The molecule has 0 heterocycles. The van der Waals surface area contributed by atoms with Crippen molar-refractivity contribution in [2.75, 3.05) is 5.43 Å². The van der Waals surface area contributed by atoms with Crippen LogP contribution in [0, 0.1) is 0 Å². The summed E-state index contributed by atoms with van der Waals surface area (Å²) in [7, 11) is 0. The van der Waals surface area contributed by atoms with Crippen LogP contribution >= 0.6 is 0 Å². The molecule has 0 radical (unpaired) electrons. The molecular weight excluding hydrogens is 290 g/mol. The second kappa shape index (κ2) is 7.60. The Morgan fingerprint density at radius 2 is 1.57 bits per heavy atom. The van der Waals surface area contributed by atoms with Gasteiger partial charge in [-0.25, -0.2) is 4.99 Å². The molecule has 7 nitrogen and oxygen atoms in total. The Morgan fingerprint density at radius 3 is 2.26 bits per heavy atom. The smallest absolute Gasteiger partial charge is 0.223 e. The molecule has 0 amide bonds. The van der Waals surface area contributed by atoms with E-state index in [1.807, 2.05) is 61.5 Å². The summed E-state index contributed by atoms with van der Waals surface area (Å²) in [5.74, 6) is -0.152. The van der Waals surface area contributed by atoms with Crippen LogP contribution in [0.3, 0.4) is 0 Å². The normalized spacial score (nSPS) is 11.9. The summed E-state index contributed by atoms with van der Waals surface area (Å²) in [5.41, 5.74) is 22.4. The van der Waals surface area contributed by atoms with E-state index in [0.717, 1.165) is 17.0 Å². The van der Waals surface area contributed by atoms with Crippen molar-refractivity contribution in [2.45, 2.75) is 6.92 Å². The Balaban J connectivity index is 2.27. The van der Waals surface area contributed by atoms with Crippen molar-refractivity contribution < 1.29 is 0 Å². The minimum Gasteiger partial charge on any atom is -0.370 e. The first kappa shape index (κ1) is 16.0.